The van der Waals surface area contributed by atoms with Gasteiger partial charge in [0.15, 0.2) is 0 Å². The van der Waals surface area contributed by atoms with Crippen molar-refractivity contribution in [3.63, 3.8) is 0 Å². The van der Waals surface area contributed by atoms with Gasteiger partial charge in [-0.3, -0.25) is 8.80 Å². The van der Waals surface area contributed by atoms with Gasteiger partial charge in [0, 0.05) is 0 Å². The molecular formula is C5H13NaSi. The van der Waals surface area contributed by atoms with Gasteiger partial charge in [-0.2, -0.15) is 18.6 Å². The molecule has 0 fully saturated rings. The largest absolute Gasteiger partial charge is 1.00 e. The third kappa shape index (κ3) is 7.22. The molecule has 0 amide bonds. The summed E-state index contributed by atoms with van der Waals surface area (Å²) in [5, 5.41) is 0. The molecule has 0 rings (SSSR count). The van der Waals surface area contributed by atoms with E-state index in [0.29, 0.717) is 0 Å². The van der Waals surface area contributed by atoms with Crippen LogP contribution in [0.25, 0.3) is 0 Å². The summed E-state index contributed by atoms with van der Waals surface area (Å²) in [7, 11) is 0.0484. The maximum absolute atomic E-state index is 2.34. The van der Waals surface area contributed by atoms with Gasteiger partial charge >= 0.3 is 29.6 Å². The summed E-state index contributed by atoms with van der Waals surface area (Å²) in [4.78, 5) is 0. The zero-order valence-corrected chi connectivity index (χ0v) is 9.08. The van der Waals surface area contributed by atoms with E-state index in [1.165, 1.54) is 0 Å². The normalized spacial score (nSPS) is 9.43. The van der Waals surface area contributed by atoms with E-state index in [9.17, 15) is 0 Å². The molecule has 0 aromatic carbocycles. The minimum absolute atomic E-state index is 0. The molecule has 2 heteroatoms. The van der Waals surface area contributed by atoms with Gasteiger partial charge in [0.2, 0.25) is 0 Å². The molecule has 0 aromatic rings. The fourth-order valence-corrected chi connectivity index (χ4v) is 0. The van der Waals surface area contributed by atoms with E-state index in [0.717, 1.165) is 5.54 Å². The molecule has 0 aliphatic heterocycles. The van der Waals surface area contributed by atoms with E-state index in [1.54, 1.807) is 0 Å². The summed E-state index contributed by atoms with van der Waals surface area (Å²) in [5.41, 5.74) is 0.954. The summed E-state index contributed by atoms with van der Waals surface area (Å²) in [6, 6.07) is 0. The Morgan fingerprint density at radius 2 is 1.29 bits per heavy atom. The van der Waals surface area contributed by atoms with Crippen LogP contribution in [0.15, 0.2) is 0 Å². The fourth-order valence-electron chi connectivity index (χ4n) is 0. The molecule has 0 spiro atoms. The monoisotopic (exact) mass is 124 g/mol. The molecule has 0 atom stereocenters. The molecule has 0 heterocycles. The Morgan fingerprint density at radius 1 is 1.14 bits per heavy atom. The third-order valence-electron chi connectivity index (χ3n) is 1.15. The minimum atomic E-state index is 0. The number of rotatable bonds is 1. The van der Waals surface area contributed by atoms with Crippen molar-refractivity contribution in [1.82, 2.24) is 0 Å². The van der Waals surface area contributed by atoms with Gasteiger partial charge in [-0.1, -0.05) is 13.8 Å². The van der Waals surface area contributed by atoms with E-state index in [4.69, 9.17) is 0 Å². The summed E-state index contributed by atoms with van der Waals surface area (Å²) >= 11 is 0. The van der Waals surface area contributed by atoms with Gasteiger partial charge in [-0.05, 0) is 0 Å². The molecule has 0 nitrogen and oxygen atoms in total. The first-order valence-electron chi connectivity index (χ1n) is 2.44. The smallest absolute Gasteiger partial charge is 0.264 e. The Bertz CT molecular complexity index is 29.1. The van der Waals surface area contributed by atoms with Crippen molar-refractivity contribution in [2.45, 2.75) is 32.5 Å². The van der Waals surface area contributed by atoms with Crippen molar-refractivity contribution in [1.29, 1.82) is 0 Å². The number of hydrogen-bond donors (Lipinski definition) is 0. The van der Waals surface area contributed by atoms with Crippen molar-refractivity contribution >= 4 is 8.80 Å². The molecule has 0 saturated heterocycles. The van der Waals surface area contributed by atoms with Crippen molar-refractivity contribution in [2.24, 2.45) is 0 Å². The van der Waals surface area contributed by atoms with Crippen LogP contribution in [0, 0.1) is 0 Å². The second-order valence-corrected chi connectivity index (χ2v) is 5.54. The Kier molecular flexibility index (Phi) is 8.47. The Balaban J connectivity index is 0. The quantitative estimate of drug-likeness (QED) is 0.400. The molecule has 0 radical (unpaired) electrons. The van der Waals surface area contributed by atoms with E-state index < -0.39 is 0 Å². The van der Waals surface area contributed by atoms with E-state index in [-0.39, 0.29) is 38.4 Å². The van der Waals surface area contributed by atoms with Gasteiger partial charge in [-0.15, -0.1) is 0 Å². The maximum atomic E-state index is 2.34. The molecule has 7 heavy (non-hydrogen) atoms. The van der Waals surface area contributed by atoms with Crippen LogP contribution in [0.4, 0.5) is 0 Å². The average Bonchev–Trinajstić information content (AvgIpc) is 1.36. The standard InChI is InChI=1S/C5H13Si.Na/c1-5(2)6(3)4;/h5H,1-4H3;/q-1;+1. The Hall–Kier alpha value is 1.22. The number of hydrogen-bond acceptors (Lipinski definition) is 0. The van der Waals surface area contributed by atoms with Crippen LogP contribution in [-0.4, -0.2) is 8.80 Å². The predicted molar refractivity (Wildman–Crippen MR) is 32.6 cm³/mol. The second kappa shape index (κ2) is 5.36. The maximum Gasteiger partial charge on any atom is 1.00 e. The minimum Gasteiger partial charge on any atom is -0.264 e. The third-order valence-corrected chi connectivity index (χ3v) is 3.46. The molecule has 0 aliphatic carbocycles. The van der Waals surface area contributed by atoms with Crippen LogP contribution in [0.2, 0.25) is 18.6 Å². The van der Waals surface area contributed by atoms with Crippen LogP contribution in [0.3, 0.4) is 0 Å². The molecule has 0 bridgehead atoms. The van der Waals surface area contributed by atoms with Crippen molar-refractivity contribution < 1.29 is 29.6 Å². The van der Waals surface area contributed by atoms with Gasteiger partial charge in [0.25, 0.3) is 0 Å². The molecule has 38 valence electrons. The second-order valence-electron chi connectivity index (χ2n) is 2.23. The first-order valence-corrected chi connectivity index (χ1v) is 5.02. The average molecular weight is 124 g/mol. The van der Waals surface area contributed by atoms with Crippen molar-refractivity contribution in [3.05, 3.63) is 0 Å². The molecule has 0 aromatic heterocycles. The first-order chi connectivity index (χ1) is 2.64. The van der Waals surface area contributed by atoms with E-state index in [1.807, 2.05) is 0 Å². The zero-order chi connectivity index (χ0) is 5.15. The summed E-state index contributed by atoms with van der Waals surface area (Å²) in [6.45, 7) is 9.26. The first kappa shape index (κ1) is 11.1. The molecule has 0 N–H and O–H groups in total. The van der Waals surface area contributed by atoms with Gasteiger partial charge in [-0.25, -0.2) is 0 Å². The summed E-state index contributed by atoms with van der Waals surface area (Å²) in [6.07, 6.45) is 0. The van der Waals surface area contributed by atoms with Crippen molar-refractivity contribution in [3.8, 4) is 0 Å². The van der Waals surface area contributed by atoms with Gasteiger partial charge < -0.3 is 0 Å². The Morgan fingerprint density at radius 3 is 1.29 bits per heavy atom. The molecule has 0 aliphatic rings. The molecular weight excluding hydrogens is 111 g/mol. The summed E-state index contributed by atoms with van der Waals surface area (Å²) < 4.78 is 0. The van der Waals surface area contributed by atoms with Crippen LogP contribution >= 0.6 is 0 Å². The predicted octanol–water partition coefficient (Wildman–Crippen LogP) is -0.845. The summed E-state index contributed by atoms with van der Waals surface area (Å²) in [5.74, 6) is 0. The van der Waals surface area contributed by atoms with Crippen LogP contribution in [0.5, 0.6) is 0 Å². The van der Waals surface area contributed by atoms with Crippen LogP contribution in [-0.2, 0) is 0 Å². The fraction of sp³-hybridized carbons (Fsp3) is 1.00. The SMILES string of the molecule is CC(C)[Si-](C)C.[Na+]. The van der Waals surface area contributed by atoms with E-state index in [2.05, 4.69) is 26.9 Å². The molecule has 0 saturated carbocycles. The van der Waals surface area contributed by atoms with Crippen molar-refractivity contribution in [2.75, 3.05) is 0 Å². The van der Waals surface area contributed by atoms with Crippen LogP contribution < -0.4 is 29.6 Å². The van der Waals surface area contributed by atoms with E-state index >= 15 is 0 Å². The zero-order valence-electron chi connectivity index (χ0n) is 6.08. The van der Waals surface area contributed by atoms with Gasteiger partial charge in [0.1, 0.15) is 0 Å². The molecule has 0 unspecified atom stereocenters. The van der Waals surface area contributed by atoms with Crippen LogP contribution in [0.1, 0.15) is 13.8 Å². The Labute approximate surface area is 70.6 Å². The van der Waals surface area contributed by atoms with Gasteiger partial charge in [0.05, 0.1) is 0 Å². The topological polar surface area (TPSA) is 0 Å².